The highest BCUT2D eigenvalue weighted by atomic mass is 79.9. The van der Waals surface area contributed by atoms with Crippen molar-refractivity contribution in [3.8, 4) is 0 Å². The smallest absolute Gasteiger partial charge is 0.125 e. The normalized spacial score (nSPS) is 12.2. The molecule has 18 heavy (non-hydrogen) atoms. The molecule has 1 aromatic carbocycles. The summed E-state index contributed by atoms with van der Waals surface area (Å²) < 4.78 is 6.47. The van der Waals surface area contributed by atoms with Gasteiger partial charge in [-0.3, -0.25) is 0 Å². The maximum atomic E-state index is 5.41. The lowest BCUT2D eigenvalue weighted by atomic mass is 10.2. The van der Waals surface area contributed by atoms with Gasteiger partial charge in [0, 0.05) is 18.6 Å². The Hall–Kier alpha value is -1.42. The average molecular weight is 309 g/mol. The van der Waals surface area contributed by atoms with Crippen LogP contribution in [0, 0.1) is 0 Å². The number of halogens is 1. The van der Waals surface area contributed by atoms with E-state index in [4.69, 9.17) is 4.42 Å². The van der Waals surface area contributed by atoms with Gasteiger partial charge in [-0.1, -0.05) is 15.9 Å². The van der Waals surface area contributed by atoms with Gasteiger partial charge in [0.1, 0.15) is 5.76 Å². The van der Waals surface area contributed by atoms with Crippen LogP contribution in [0.15, 0.2) is 45.5 Å². The van der Waals surface area contributed by atoms with E-state index in [1.165, 1.54) is 0 Å². The Labute approximate surface area is 116 Å². The Morgan fingerprint density at radius 1 is 1.28 bits per heavy atom. The van der Waals surface area contributed by atoms with Gasteiger partial charge in [-0.25, -0.2) is 0 Å². The summed E-state index contributed by atoms with van der Waals surface area (Å²) in [5, 5.41) is 3.47. The van der Waals surface area contributed by atoms with Gasteiger partial charge >= 0.3 is 0 Å². The van der Waals surface area contributed by atoms with Gasteiger partial charge in [0.15, 0.2) is 0 Å². The van der Waals surface area contributed by atoms with E-state index >= 15 is 0 Å². The lowest BCUT2D eigenvalue weighted by molar-refractivity contribution is 0.490. The number of nitrogens with one attached hydrogen (secondary N) is 1. The molecular weight excluding hydrogens is 292 g/mol. The number of hydrogen-bond acceptors (Lipinski definition) is 3. The fourth-order valence-corrected chi connectivity index (χ4v) is 2.22. The van der Waals surface area contributed by atoms with Gasteiger partial charge in [-0.15, -0.1) is 0 Å². The number of furan rings is 1. The highest BCUT2D eigenvalue weighted by molar-refractivity contribution is 9.10. The second-order valence-electron chi connectivity index (χ2n) is 4.44. The molecule has 0 saturated heterocycles. The first-order chi connectivity index (χ1) is 8.58. The molecule has 2 aromatic rings. The molecule has 0 aliphatic rings. The van der Waals surface area contributed by atoms with E-state index in [-0.39, 0.29) is 6.04 Å². The second-order valence-corrected chi connectivity index (χ2v) is 5.35. The number of hydrogen-bond donors (Lipinski definition) is 1. The number of anilines is 2. The summed E-state index contributed by atoms with van der Waals surface area (Å²) in [5.74, 6) is 0.930. The van der Waals surface area contributed by atoms with Crippen LogP contribution in [0.1, 0.15) is 18.7 Å². The summed E-state index contributed by atoms with van der Waals surface area (Å²) in [5.41, 5.74) is 2.23. The van der Waals surface area contributed by atoms with Crippen LogP contribution >= 0.6 is 15.9 Å². The molecule has 0 aliphatic carbocycles. The second kappa shape index (κ2) is 5.48. The molecule has 1 heterocycles. The molecule has 0 saturated carbocycles. The zero-order valence-corrected chi connectivity index (χ0v) is 12.4. The van der Waals surface area contributed by atoms with E-state index in [0.717, 1.165) is 21.6 Å². The van der Waals surface area contributed by atoms with Crippen molar-refractivity contribution in [2.45, 2.75) is 13.0 Å². The zero-order chi connectivity index (χ0) is 13.1. The highest BCUT2D eigenvalue weighted by Crippen LogP contribution is 2.31. The van der Waals surface area contributed by atoms with Crippen LogP contribution in [0.5, 0.6) is 0 Å². The van der Waals surface area contributed by atoms with Crippen LogP contribution in [0.4, 0.5) is 11.4 Å². The molecule has 2 rings (SSSR count). The molecule has 96 valence electrons. The molecule has 0 amide bonds. The summed E-state index contributed by atoms with van der Waals surface area (Å²) in [7, 11) is 4.07. The van der Waals surface area contributed by atoms with E-state index in [0.29, 0.717) is 0 Å². The highest BCUT2D eigenvalue weighted by Gasteiger charge is 2.11. The first-order valence-electron chi connectivity index (χ1n) is 5.84. The van der Waals surface area contributed by atoms with E-state index in [9.17, 15) is 0 Å². The quantitative estimate of drug-likeness (QED) is 0.913. The summed E-state index contributed by atoms with van der Waals surface area (Å²) in [4.78, 5) is 2.09. The molecule has 0 bridgehead atoms. The van der Waals surface area contributed by atoms with Gasteiger partial charge in [0.25, 0.3) is 0 Å². The fourth-order valence-electron chi connectivity index (χ4n) is 1.86. The molecule has 0 radical (unpaired) electrons. The average Bonchev–Trinajstić information content (AvgIpc) is 2.81. The molecule has 1 aromatic heterocycles. The van der Waals surface area contributed by atoms with Gasteiger partial charge in [-0.05, 0) is 37.3 Å². The predicted molar refractivity (Wildman–Crippen MR) is 79.2 cm³/mol. The van der Waals surface area contributed by atoms with Crippen molar-refractivity contribution in [2.75, 3.05) is 24.3 Å². The van der Waals surface area contributed by atoms with E-state index in [2.05, 4.69) is 45.2 Å². The van der Waals surface area contributed by atoms with Crippen molar-refractivity contribution in [3.05, 3.63) is 46.8 Å². The molecule has 1 atom stereocenters. The minimum Gasteiger partial charge on any atom is -0.467 e. The van der Waals surface area contributed by atoms with Gasteiger partial charge in [0.2, 0.25) is 0 Å². The first kappa shape index (κ1) is 13.0. The Morgan fingerprint density at radius 3 is 2.67 bits per heavy atom. The van der Waals surface area contributed by atoms with Crippen molar-refractivity contribution < 1.29 is 4.42 Å². The van der Waals surface area contributed by atoms with Crippen LogP contribution in [-0.4, -0.2) is 14.1 Å². The van der Waals surface area contributed by atoms with E-state index in [1.807, 2.05) is 32.3 Å². The molecule has 1 N–H and O–H groups in total. The molecule has 1 unspecified atom stereocenters. The maximum absolute atomic E-state index is 5.41. The summed E-state index contributed by atoms with van der Waals surface area (Å²) in [6, 6.07) is 10.2. The summed E-state index contributed by atoms with van der Waals surface area (Å²) in [6.07, 6.45) is 1.70. The minimum atomic E-state index is 0.132. The molecule has 0 spiro atoms. The molecule has 0 fully saturated rings. The van der Waals surface area contributed by atoms with Crippen LogP contribution in [-0.2, 0) is 0 Å². The Bertz CT molecular complexity index is 509. The maximum Gasteiger partial charge on any atom is 0.125 e. The van der Waals surface area contributed by atoms with Gasteiger partial charge in [-0.2, -0.15) is 0 Å². The van der Waals surface area contributed by atoms with Gasteiger partial charge < -0.3 is 14.6 Å². The lowest BCUT2D eigenvalue weighted by Crippen LogP contribution is -2.13. The van der Waals surface area contributed by atoms with Crippen LogP contribution in [0.3, 0.4) is 0 Å². The topological polar surface area (TPSA) is 28.4 Å². The predicted octanol–water partition coefficient (Wildman–Crippen LogP) is 4.28. The van der Waals surface area contributed by atoms with E-state index < -0.39 is 0 Å². The van der Waals surface area contributed by atoms with Crippen molar-refractivity contribution in [1.29, 1.82) is 0 Å². The molecular formula is C14H17BrN2O. The Kier molecular flexibility index (Phi) is 3.97. The monoisotopic (exact) mass is 308 g/mol. The van der Waals surface area contributed by atoms with Crippen molar-refractivity contribution in [2.24, 2.45) is 0 Å². The third-order valence-electron chi connectivity index (χ3n) is 2.78. The lowest BCUT2D eigenvalue weighted by Gasteiger charge is -2.21. The standard InChI is InChI=1S/C14H17BrN2O/c1-10(14-5-4-8-18-14)16-12-9-11(15)6-7-13(12)17(2)3/h4-10,16H,1-3H3. The fraction of sp³-hybridized carbons (Fsp3) is 0.286. The molecule has 4 heteroatoms. The van der Waals surface area contributed by atoms with E-state index in [1.54, 1.807) is 6.26 Å². The van der Waals surface area contributed by atoms with Crippen molar-refractivity contribution >= 4 is 27.3 Å². The van der Waals surface area contributed by atoms with Crippen molar-refractivity contribution in [3.63, 3.8) is 0 Å². The van der Waals surface area contributed by atoms with Crippen LogP contribution in [0.25, 0.3) is 0 Å². The first-order valence-corrected chi connectivity index (χ1v) is 6.64. The van der Waals surface area contributed by atoms with Gasteiger partial charge in [0.05, 0.1) is 23.7 Å². The SMILES string of the molecule is CC(Nc1cc(Br)ccc1N(C)C)c1ccco1. The molecule has 0 aliphatic heterocycles. The number of rotatable bonds is 4. The third kappa shape index (κ3) is 2.88. The summed E-state index contributed by atoms with van der Waals surface area (Å²) in [6.45, 7) is 2.08. The van der Waals surface area contributed by atoms with Crippen LogP contribution in [0.2, 0.25) is 0 Å². The summed E-state index contributed by atoms with van der Waals surface area (Å²) >= 11 is 3.50. The Morgan fingerprint density at radius 2 is 2.06 bits per heavy atom. The number of benzene rings is 1. The third-order valence-corrected chi connectivity index (χ3v) is 3.28. The van der Waals surface area contributed by atoms with Crippen molar-refractivity contribution in [1.82, 2.24) is 0 Å². The number of nitrogens with zero attached hydrogens (tertiary/aromatic N) is 1. The van der Waals surface area contributed by atoms with Crippen LogP contribution < -0.4 is 10.2 Å². The Balaban J connectivity index is 2.25. The zero-order valence-electron chi connectivity index (χ0n) is 10.8. The largest absolute Gasteiger partial charge is 0.467 e. The molecule has 3 nitrogen and oxygen atoms in total. The minimum absolute atomic E-state index is 0.132.